The van der Waals surface area contributed by atoms with Crippen LogP contribution in [-0.4, -0.2) is 32.2 Å². The molecule has 0 unspecified atom stereocenters. The average molecular weight is 380 g/mol. The largest absolute Gasteiger partial charge is 0.325 e. The Morgan fingerprint density at radius 2 is 1.93 bits per heavy atom. The van der Waals surface area contributed by atoms with Gasteiger partial charge in [0.15, 0.2) is 10.9 Å². The Kier molecular flexibility index (Phi) is 5.71. The van der Waals surface area contributed by atoms with Crippen LogP contribution in [0.3, 0.4) is 0 Å². The summed E-state index contributed by atoms with van der Waals surface area (Å²) < 4.78 is 1.86. The number of benzene rings is 2. The number of anilines is 1. The van der Waals surface area contributed by atoms with E-state index in [0.29, 0.717) is 16.4 Å². The molecule has 3 aromatic rings. The molecule has 1 heterocycles. The Bertz CT molecular complexity index is 997. The monoisotopic (exact) mass is 380 g/mol. The normalized spacial score (nSPS) is 10.6. The SMILES string of the molecule is CC(=O)c1cccc(NC(=O)CSc2nncn2-c2ccc(C)c(C)c2)c1. The van der Waals surface area contributed by atoms with Crippen molar-refractivity contribution in [3.05, 3.63) is 65.5 Å². The molecule has 0 saturated carbocycles. The number of carbonyl (C=O) groups excluding carboxylic acids is 2. The van der Waals surface area contributed by atoms with Gasteiger partial charge < -0.3 is 5.32 Å². The van der Waals surface area contributed by atoms with Crippen LogP contribution in [0.15, 0.2) is 53.9 Å². The van der Waals surface area contributed by atoms with Gasteiger partial charge in [0.25, 0.3) is 0 Å². The molecule has 1 aromatic heterocycles. The smallest absolute Gasteiger partial charge is 0.234 e. The van der Waals surface area contributed by atoms with Crippen LogP contribution < -0.4 is 5.32 Å². The first-order valence-electron chi connectivity index (χ1n) is 8.45. The van der Waals surface area contributed by atoms with E-state index < -0.39 is 0 Å². The summed E-state index contributed by atoms with van der Waals surface area (Å²) in [4.78, 5) is 23.7. The van der Waals surface area contributed by atoms with Crippen LogP contribution in [0.5, 0.6) is 0 Å². The second-order valence-corrected chi connectivity index (χ2v) is 7.17. The van der Waals surface area contributed by atoms with Gasteiger partial charge in [-0.25, -0.2) is 0 Å². The van der Waals surface area contributed by atoms with Gasteiger partial charge in [0.1, 0.15) is 6.33 Å². The molecular weight excluding hydrogens is 360 g/mol. The van der Waals surface area contributed by atoms with Crippen LogP contribution in [0, 0.1) is 13.8 Å². The molecule has 7 heteroatoms. The fourth-order valence-corrected chi connectivity index (χ4v) is 3.25. The molecule has 3 rings (SSSR count). The zero-order chi connectivity index (χ0) is 19.4. The van der Waals surface area contributed by atoms with E-state index in [2.05, 4.69) is 35.4 Å². The molecule has 27 heavy (non-hydrogen) atoms. The number of aromatic nitrogens is 3. The number of thioether (sulfide) groups is 1. The summed E-state index contributed by atoms with van der Waals surface area (Å²) in [6, 6.07) is 13.0. The number of rotatable bonds is 6. The minimum absolute atomic E-state index is 0.0398. The molecule has 0 atom stereocenters. The lowest BCUT2D eigenvalue weighted by molar-refractivity contribution is -0.113. The van der Waals surface area contributed by atoms with Gasteiger partial charge in [0, 0.05) is 16.9 Å². The lowest BCUT2D eigenvalue weighted by Crippen LogP contribution is -2.14. The molecule has 0 spiro atoms. The van der Waals surface area contributed by atoms with Crippen LogP contribution in [-0.2, 0) is 4.79 Å². The van der Waals surface area contributed by atoms with E-state index in [9.17, 15) is 9.59 Å². The third-order valence-electron chi connectivity index (χ3n) is 4.17. The highest BCUT2D eigenvalue weighted by Crippen LogP contribution is 2.21. The van der Waals surface area contributed by atoms with E-state index in [-0.39, 0.29) is 17.4 Å². The number of carbonyl (C=O) groups is 2. The Morgan fingerprint density at radius 3 is 2.67 bits per heavy atom. The van der Waals surface area contributed by atoms with Crippen molar-refractivity contribution in [2.45, 2.75) is 25.9 Å². The minimum Gasteiger partial charge on any atom is -0.325 e. The summed E-state index contributed by atoms with van der Waals surface area (Å²) in [5.74, 6) is -0.0225. The highest BCUT2D eigenvalue weighted by molar-refractivity contribution is 7.99. The van der Waals surface area contributed by atoms with Crippen molar-refractivity contribution in [3.8, 4) is 5.69 Å². The molecular formula is C20H20N4O2S. The second kappa shape index (κ2) is 8.18. The fraction of sp³-hybridized carbons (Fsp3) is 0.200. The Labute approximate surface area is 162 Å². The number of ketones is 1. The van der Waals surface area contributed by atoms with E-state index >= 15 is 0 Å². The maximum atomic E-state index is 12.3. The van der Waals surface area contributed by atoms with E-state index in [1.54, 1.807) is 30.6 Å². The lowest BCUT2D eigenvalue weighted by atomic mass is 10.1. The van der Waals surface area contributed by atoms with Crippen LogP contribution in [0.4, 0.5) is 5.69 Å². The predicted molar refractivity (Wildman–Crippen MR) is 107 cm³/mol. The van der Waals surface area contributed by atoms with Crippen molar-refractivity contribution in [2.24, 2.45) is 0 Å². The maximum Gasteiger partial charge on any atom is 0.234 e. The fourth-order valence-electron chi connectivity index (χ4n) is 2.52. The van der Waals surface area contributed by atoms with E-state index in [1.807, 2.05) is 16.7 Å². The van der Waals surface area contributed by atoms with Crippen molar-refractivity contribution in [1.82, 2.24) is 14.8 Å². The molecule has 0 fully saturated rings. The molecule has 2 aromatic carbocycles. The Balaban J connectivity index is 1.66. The second-order valence-electron chi connectivity index (χ2n) is 6.23. The number of Topliss-reactive ketones (excluding diaryl/α,β-unsaturated/α-hetero) is 1. The summed E-state index contributed by atoms with van der Waals surface area (Å²) in [5, 5.41) is 11.5. The first-order valence-corrected chi connectivity index (χ1v) is 9.44. The highest BCUT2D eigenvalue weighted by Gasteiger charge is 2.11. The average Bonchev–Trinajstić information content (AvgIpc) is 3.11. The zero-order valence-electron chi connectivity index (χ0n) is 15.4. The summed E-state index contributed by atoms with van der Waals surface area (Å²) in [5.41, 5.74) is 4.52. The summed E-state index contributed by atoms with van der Waals surface area (Å²) >= 11 is 1.31. The van der Waals surface area contributed by atoms with Gasteiger partial charge in [-0.05, 0) is 56.2 Å². The zero-order valence-corrected chi connectivity index (χ0v) is 16.2. The molecule has 0 aliphatic heterocycles. The quantitative estimate of drug-likeness (QED) is 0.520. The molecule has 0 bridgehead atoms. The molecule has 1 N–H and O–H groups in total. The Morgan fingerprint density at radius 1 is 1.11 bits per heavy atom. The predicted octanol–water partition coefficient (Wildman–Crippen LogP) is 3.82. The van der Waals surface area contributed by atoms with Crippen molar-refractivity contribution in [3.63, 3.8) is 0 Å². The highest BCUT2D eigenvalue weighted by atomic mass is 32.2. The van der Waals surface area contributed by atoms with Crippen molar-refractivity contribution in [1.29, 1.82) is 0 Å². The first kappa shape index (κ1) is 18.8. The number of hydrogen-bond donors (Lipinski definition) is 1. The van der Waals surface area contributed by atoms with Crippen LogP contribution in [0.1, 0.15) is 28.4 Å². The molecule has 0 aliphatic rings. The summed E-state index contributed by atoms with van der Waals surface area (Å²) in [7, 11) is 0. The van der Waals surface area contributed by atoms with Crippen LogP contribution >= 0.6 is 11.8 Å². The summed E-state index contributed by atoms with van der Waals surface area (Å²) in [6.07, 6.45) is 1.64. The van der Waals surface area contributed by atoms with Crippen molar-refractivity contribution in [2.75, 3.05) is 11.1 Å². The summed E-state index contributed by atoms with van der Waals surface area (Å²) in [6.45, 7) is 5.61. The van der Waals surface area contributed by atoms with Gasteiger partial charge in [-0.1, -0.05) is 30.0 Å². The van der Waals surface area contributed by atoms with Gasteiger partial charge in [0.2, 0.25) is 5.91 Å². The molecule has 6 nitrogen and oxygen atoms in total. The van der Waals surface area contributed by atoms with Crippen LogP contribution in [0.25, 0.3) is 5.69 Å². The number of nitrogens with zero attached hydrogens (tertiary/aromatic N) is 3. The Hall–Kier alpha value is -2.93. The van der Waals surface area contributed by atoms with E-state index in [4.69, 9.17) is 0 Å². The van der Waals surface area contributed by atoms with Crippen molar-refractivity contribution < 1.29 is 9.59 Å². The lowest BCUT2D eigenvalue weighted by Gasteiger charge is -2.09. The van der Waals surface area contributed by atoms with Gasteiger partial charge in [-0.2, -0.15) is 0 Å². The van der Waals surface area contributed by atoms with E-state index in [1.165, 1.54) is 29.8 Å². The van der Waals surface area contributed by atoms with E-state index in [0.717, 1.165) is 5.69 Å². The standard InChI is InChI=1S/C20H20N4O2S/c1-13-7-8-18(9-14(13)2)24-12-21-23-20(24)27-11-19(26)22-17-6-4-5-16(10-17)15(3)25/h4-10,12H,11H2,1-3H3,(H,22,26). The van der Waals surface area contributed by atoms with Gasteiger partial charge in [-0.3, -0.25) is 14.2 Å². The number of aryl methyl sites for hydroxylation is 2. The minimum atomic E-state index is -0.171. The third-order valence-corrected chi connectivity index (χ3v) is 5.11. The first-order chi connectivity index (χ1) is 12.9. The molecule has 0 aliphatic carbocycles. The van der Waals surface area contributed by atoms with Gasteiger partial charge in [0.05, 0.1) is 5.75 Å². The molecule has 138 valence electrons. The number of nitrogens with one attached hydrogen (secondary N) is 1. The number of hydrogen-bond acceptors (Lipinski definition) is 5. The van der Waals surface area contributed by atoms with Crippen LogP contribution in [0.2, 0.25) is 0 Å². The van der Waals surface area contributed by atoms with Gasteiger partial charge in [-0.15, -0.1) is 10.2 Å². The van der Waals surface area contributed by atoms with Gasteiger partial charge >= 0.3 is 0 Å². The third kappa shape index (κ3) is 4.62. The molecule has 0 radical (unpaired) electrons. The van der Waals surface area contributed by atoms with Crippen molar-refractivity contribution >= 4 is 29.1 Å². The topological polar surface area (TPSA) is 76.9 Å². The molecule has 1 amide bonds. The number of amides is 1. The maximum absolute atomic E-state index is 12.3. The molecule has 0 saturated heterocycles.